The van der Waals surface area contributed by atoms with E-state index in [-0.39, 0.29) is 0 Å². The maximum atomic E-state index is 6.53. The van der Waals surface area contributed by atoms with Crippen LogP contribution >= 0.6 is 0 Å². The molecule has 294 valence electrons. The number of nitrogens with zero attached hydrogens (tertiary/aromatic N) is 2. The Morgan fingerprint density at radius 3 is 1.71 bits per heavy atom. The number of rotatable bonds is 6. The first kappa shape index (κ1) is 35.4. The Kier molecular flexibility index (Phi) is 7.91. The molecule has 3 heteroatoms. The van der Waals surface area contributed by atoms with Crippen LogP contribution in [0.25, 0.3) is 104 Å². The van der Waals surface area contributed by atoms with Gasteiger partial charge in [0.05, 0.1) is 27.8 Å². The van der Waals surface area contributed by atoms with Gasteiger partial charge >= 0.3 is 0 Å². The summed E-state index contributed by atoms with van der Waals surface area (Å²) in [5, 5.41) is 11.9. The molecule has 0 bridgehead atoms. The molecule has 0 aliphatic heterocycles. The Balaban J connectivity index is 1.16. The first-order chi connectivity index (χ1) is 31.3. The number of aromatic nitrogens is 1. The molecule has 63 heavy (non-hydrogen) atoms. The normalized spacial score (nSPS) is 11.8. The SMILES string of the molecule is c1ccc(-c2ccc(N(c3ccc4c(c3)c3c(-c5ccccc5)cc5ccccc5c3n4-c3cccc4oc5ccccc5c34)c3cc4ccccc4c4ccccc34)cc2)cc1. The van der Waals surface area contributed by atoms with Crippen molar-refractivity contribution in [3.8, 4) is 27.9 Å². The average molecular weight is 803 g/mol. The van der Waals surface area contributed by atoms with Gasteiger partial charge in [-0.15, -0.1) is 0 Å². The van der Waals surface area contributed by atoms with E-state index in [1.165, 1.54) is 70.9 Å². The van der Waals surface area contributed by atoms with Gasteiger partial charge in [-0.05, 0) is 104 Å². The quantitative estimate of drug-likeness (QED) is 0.156. The van der Waals surface area contributed by atoms with Crippen LogP contribution in [0.15, 0.2) is 235 Å². The van der Waals surface area contributed by atoms with Crippen LogP contribution in [0.2, 0.25) is 0 Å². The van der Waals surface area contributed by atoms with Gasteiger partial charge in [0, 0.05) is 38.3 Å². The molecule has 0 aliphatic rings. The average Bonchev–Trinajstić information content (AvgIpc) is 3.91. The monoisotopic (exact) mass is 802 g/mol. The molecule has 3 nitrogen and oxygen atoms in total. The minimum Gasteiger partial charge on any atom is -0.456 e. The van der Waals surface area contributed by atoms with E-state index in [9.17, 15) is 0 Å². The molecule has 2 aromatic heterocycles. The van der Waals surface area contributed by atoms with Crippen LogP contribution in [0.4, 0.5) is 17.1 Å². The third kappa shape index (κ3) is 5.53. The number of hydrogen-bond acceptors (Lipinski definition) is 2. The molecule has 13 aromatic rings. The van der Waals surface area contributed by atoms with E-state index in [4.69, 9.17) is 4.42 Å². The van der Waals surface area contributed by atoms with Crippen LogP contribution < -0.4 is 4.90 Å². The molecule has 0 radical (unpaired) electrons. The first-order valence-corrected chi connectivity index (χ1v) is 21.6. The number of hydrogen-bond donors (Lipinski definition) is 0. The van der Waals surface area contributed by atoms with Gasteiger partial charge in [-0.3, -0.25) is 0 Å². The van der Waals surface area contributed by atoms with Crippen molar-refractivity contribution in [1.29, 1.82) is 0 Å². The highest BCUT2D eigenvalue weighted by Crippen LogP contribution is 2.48. The summed E-state index contributed by atoms with van der Waals surface area (Å²) in [6.07, 6.45) is 0. The lowest BCUT2D eigenvalue weighted by atomic mass is 9.95. The maximum Gasteiger partial charge on any atom is 0.137 e. The largest absolute Gasteiger partial charge is 0.456 e. The predicted octanol–water partition coefficient (Wildman–Crippen LogP) is 16.9. The van der Waals surface area contributed by atoms with Gasteiger partial charge in [-0.2, -0.15) is 0 Å². The second kappa shape index (κ2) is 14.1. The van der Waals surface area contributed by atoms with E-state index in [1.54, 1.807) is 0 Å². The summed E-state index contributed by atoms with van der Waals surface area (Å²) in [6.45, 7) is 0. The van der Waals surface area contributed by atoms with E-state index in [2.05, 4.69) is 234 Å². The van der Waals surface area contributed by atoms with E-state index in [0.29, 0.717) is 0 Å². The van der Waals surface area contributed by atoms with E-state index < -0.39 is 0 Å². The van der Waals surface area contributed by atoms with Crippen molar-refractivity contribution in [2.45, 2.75) is 0 Å². The second-order valence-electron chi connectivity index (χ2n) is 16.4. The fraction of sp³-hybridized carbons (Fsp3) is 0. The summed E-state index contributed by atoms with van der Waals surface area (Å²) >= 11 is 0. The van der Waals surface area contributed by atoms with Gasteiger partial charge in [-0.1, -0.05) is 170 Å². The summed E-state index contributed by atoms with van der Waals surface area (Å²) in [6, 6.07) is 83.6. The number of benzene rings is 11. The molecule has 13 rings (SSSR count). The van der Waals surface area contributed by atoms with Crippen molar-refractivity contribution in [1.82, 2.24) is 4.57 Å². The number of fused-ring (bicyclic) bond motifs is 11. The summed E-state index contributed by atoms with van der Waals surface area (Å²) in [5.74, 6) is 0. The zero-order valence-electron chi connectivity index (χ0n) is 34.2. The fourth-order valence-electron chi connectivity index (χ4n) is 10.1. The Morgan fingerprint density at radius 2 is 0.937 bits per heavy atom. The van der Waals surface area contributed by atoms with Gasteiger partial charge < -0.3 is 13.9 Å². The number of furan rings is 1. The van der Waals surface area contributed by atoms with Crippen molar-refractivity contribution >= 4 is 93.1 Å². The Morgan fingerprint density at radius 1 is 0.349 bits per heavy atom. The molecule has 0 N–H and O–H groups in total. The van der Waals surface area contributed by atoms with E-state index in [1.807, 2.05) is 6.07 Å². The summed E-state index contributed by atoms with van der Waals surface area (Å²) in [5.41, 5.74) is 13.2. The third-order valence-corrected chi connectivity index (χ3v) is 12.9. The molecule has 0 fully saturated rings. The lowest BCUT2D eigenvalue weighted by Crippen LogP contribution is -2.10. The molecule has 0 unspecified atom stereocenters. The zero-order valence-corrected chi connectivity index (χ0v) is 34.2. The van der Waals surface area contributed by atoms with Gasteiger partial charge in [0.25, 0.3) is 0 Å². The minimum absolute atomic E-state index is 0.872. The Labute approximate surface area is 363 Å². The van der Waals surface area contributed by atoms with Gasteiger partial charge in [-0.25, -0.2) is 0 Å². The van der Waals surface area contributed by atoms with Crippen LogP contribution in [0, 0.1) is 0 Å². The molecule has 0 amide bonds. The highest BCUT2D eigenvalue weighted by atomic mass is 16.3. The van der Waals surface area contributed by atoms with Crippen LogP contribution in [0.3, 0.4) is 0 Å². The van der Waals surface area contributed by atoms with Crippen molar-refractivity contribution < 1.29 is 4.42 Å². The van der Waals surface area contributed by atoms with Gasteiger partial charge in [0.1, 0.15) is 11.2 Å². The van der Waals surface area contributed by atoms with Crippen LogP contribution in [0.5, 0.6) is 0 Å². The fourth-order valence-corrected chi connectivity index (χ4v) is 10.1. The van der Waals surface area contributed by atoms with Crippen molar-refractivity contribution in [3.63, 3.8) is 0 Å². The molecular formula is C60H38N2O. The lowest BCUT2D eigenvalue weighted by Gasteiger charge is -2.28. The summed E-state index contributed by atoms with van der Waals surface area (Å²) < 4.78 is 9.02. The van der Waals surface area contributed by atoms with E-state index in [0.717, 1.165) is 50.2 Å². The molecular weight excluding hydrogens is 765 g/mol. The molecule has 0 atom stereocenters. The van der Waals surface area contributed by atoms with Crippen molar-refractivity contribution in [2.75, 3.05) is 4.90 Å². The lowest BCUT2D eigenvalue weighted by molar-refractivity contribution is 0.669. The second-order valence-corrected chi connectivity index (χ2v) is 16.4. The molecule has 0 saturated carbocycles. The minimum atomic E-state index is 0.872. The number of para-hydroxylation sites is 1. The molecule has 0 spiro atoms. The van der Waals surface area contributed by atoms with Crippen LogP contribution in [-0.2, 0) is 0 Å². The Bertz CT molecular complexity index is 3900. The molecule has 11 aromatic carbocycles. The molecule has 0 saturated heterocycles. The highest BCUT2D eigenvalue weighted by molar-refractivity contribution is 6.26. The predicted molar refractivity (Wildman–Crippen MR) is 266 cm³/mol. The third-order valence-electron chi connectivity index (χ3n) is 12.9. The topological polar surface area (TPSA) is 21.3 Å². The van der Waals surface area contributed by atoms with Gasteiger partial charge in [0.2, 0.25) is 0 Å². The zero-order chi connectivity index (χ0) is 41.4. The van der Waals surface area contributed by atoms with Crippen molar-refractivity contribution in [2.24, 2.45) is 0 Å². The molecule has 2 heterocycles. The Hall–Kier alpha value is -8.40. The molecule has 0 aliphatic carbocycles. The van der Waals surface area contributed by atoms with Crippen molar-refractivity contribution in [3.05, 3.63) is 231 Å². The number of anilines is 3. The summed E-state index contributed by atoms with van der Waals surface area (Å²) in [4.78, 5) is 2.46. The first-order valence-electron chi connectivity index (χ1n) is 21.6. The van der Waals surface area contributed by atoms with Crippen LogP contribution in [-0.4, -0.2) is 4.57 Å². The maximum absolute atomic E-state index is 6.53. The highest BCUT2D eigenvalue weighted by Gasteiger charge is 2.25. The standard InChI is InChI=1S/C60H38N2O/c1-3-16-39(17-4-1)40-30-32-44(33-31-40)61(55-37-43-21-7-9-22-46(43)48-24-11-12-25-49(48)55)45-34-35-53-52(38-45)58-51(41-18-5-2-6-19-41)36-42-20-8-10-23-47(42)60(58)62(53)54-27-15-29-57-59(54)50-26-13-14-28-56(50)63-57/h1-38H. The van der Waals surface area contributed by atoms with E-state index >= 15 is 0 Å². The van der Waals surface area contributed by atoms with Crippen LogP contribution in [0.1, 0.15) is 0 Å². The van der Waals surface area contributed by atoms with Gasteiger partial charge in [0.15, 0.2) is 0 Å². The summed E-state index contributed by atoms with van der Waals surface area (Å²) in [7, 11) is 0. The smallest absolute Gasteiger partial charge is 0.137 e.